The summed E-state index contributed by atoms with van der Waals surface area (Å²) < 4.78 is 5.09. The van der Waals surface area contributed by atoms with Crippen LogP contribution in [0.2, 0.25) is 0 Å². The third-order valence-electron chi connectivity index (χ3n) is 2.12. The lowest BCUT2D eigenvalue weighted by Gasteiger charge is -2.05. The van der Waals surface area contributed by atoms with E-state index in [0.717, 1.165) is 11.1 Å². The van der Waals surface area contributed by atoms with Crippen molar-refractivity contribution in [1.29, 1.82) is 0 Å². The van der Waals surface area contributed by atoms with Crippen molar-refractivity contribution in [2.24, 2.45) is 0 Å². The van der Waals surface area contributed by atoms with Gasteiger partial charge in [-0.25, -0.2) is 0 Å². The molecule has 76 valence electrons. The molecule has 14 heavy (non-hydrogen) atoms. The van der Waals surface area contributed by atoms with Crippen molar-refractivity contribution in [2.45, 2.75) is 20.8 Å². The summed E-state index contributed by atoms with van der Waals surface area (Å²) in [6.07, 6.45) is 0. The second-order valence-electron chi connectivity index (χ2n) is 3.38. The van der Waals surface area contributed by atoms with Crippen molar-refractivity contribution in [3.05, 3.63) is 34.9 Å². The van der Waals surface area contributed by atoms with Gasteiger partial charge in [-0.05, 0) is 26.3 Å². The molecule has 0 heterocycles. The summed E-state index contributed by atoms with van der Waals surface area (Å²) in [5.74, 6) is 0.0596. The number of hydrogen-bond donors (Lipinski definition) is 0. The number of ketones is 1. The van der Waals surface area contributed by atoms with E-state index in [1.54, 1.807) is 0 Å². The van der Waals surface area contributed by atoms with Crippen LogP contribution in [0.4, 0.5) is 0 Å². The van der Waals surface area contributed by atoms with Gasteiger partial charge in [0.15, 0.2) is 5.78 Å². The van der Waals surface area contributed by atoms with Crippen molar-refractivity contribution in [3.8, 4) is 0 Å². The van der Waals surface area contributed by atoms with Crippen LogP contribution in [0.25, 0.3) is 0 Å². The van der Waals surface area contributed by atoms with E-state index < -0.39 is 0 Å². The minimum absolute atomic E-state index is 0.0596. The minimum atomic E-state index is 0.0596. The van der Waals surface area contributed by atoms with E-state index in [9.17, 15) is 4.79 Å². The Morgan fingerprint density at radius 1 is 1.36 bits per heavy atom. The first-order valence-electron chi connectivity index (χ1n) is 4.83. The smallest absolute Gasteiger partial charge is 0.188 e. The maximum Gasteiger partial charge on any atom is 0.188 e. The molecule has 1 rings (SSSR count). The van der Waals surface area contributed by atoms with Crippen molar-refractivity contribution >= 4 is 5.78 Å². The van der Waals surface area contributed by atoms with Gasteiger partial charge in [-0.2, -0.15) is 0 Å². The Kier molecular flexibility index (Phi) is 3.84. The van der Waals surface area contributed by atoms with Crippen LogP contribution >= 0.6 is 0 Å². The number of carbonyl (C=O) groups excluding carboxylic acids is 1. The van der Waals surface area contributed by atoms with E-state index in [2.05, 4.69) is 0 Å². The first kappa shape index (κ1) is 10.9. The van der Waals surface area contributed by atoms with E-state index in [4.69, 9.17) is 4.74 Å². The zero-order valence-electron chi connectivity index (χ0n) is 8.96. The number of ether oxygens (including phenoxy) is 1. The predicted octanol–water partition coefficient (Wildman–Crippen LogP) is 2.52. The van der Waals surface area contributed by atoms with Crippen molar-refractivity contribution < 1.29 is 9.53 Å². The predicted molar refractivity (Wildman–Crippen MR) is 56.7 cm³/mol. The fourth-order valence-corrected chi connectivity index (χ4v) is 1.40. The van der Waals surface area contributed by atoms with Crippen molar-refractivity contribution in [2.75, 3.05) is 13.2 Å². The summed E-state index contributed by atoms with van der Waals surface area (Å²) in [5, 5.41) is 0. The zero-order valence-corrected chi connectivity index (χ0v) is 8.96. The molecule has 0 aliphatic heterocycles. The van der Waals surface area contributed by atoms with Crippen LogP contribution in [-0.2, 0) is 4.74 Å². The Bertz CT molecular complexity index is 329. The number of hydrogen-bond acceptors (Lipinski definition) is 2. The van der Waals surface area contributed by atoms with Crippen LogP contribution in [-0.4, -0.2) is 19.0 Å². The van der Waals surface area contributed by atoms with Crippen LogP contribution in [0.1, 0.15) is 28.4 Å². The van der Waals surface area contributed by atoms with Crippen LogP contribution in [0.15, 0.2) is 18.2 Å². The third-order valence-corrected chi connectivity index (χ3v) is 2.12. The SMILES string of the molecule is CCOCC(=O)c1ccc(C)cc1C. The molecule has 0 spiro atoms. The largest absolute Gasteiger partial charge is 0.374 e. The molecule has 0 fully saturated rings. The number of carbonyl (C=O) groups is 1. The molecule has 1 aromatic rings. The molecule has 2 heteroatoms. The molecule has 0 atom stereocenters. The highest BCUT2D eigenvalue weighted by molar-refractivity contribution is 5.98. The Morgan fingerprint density at radius 3 is 2.64 bits per heavy atom. The van der Waals surface area contributed by atoms with Gasteiger partial charge in [0.25, 0.3) is 0 Å². The summed E-state index contributed by atoms with van der Waals surface area (Å²) in [6, 6.07) is 5.83. The summed E-state index contributed by atoms with van der Waals surface area (Å²) in [5.41, 5.74) is 2.97. The quantitative estimate of drug-likeness (QED) is 0.685. The lowest BCUT2D eigenvalue weighted by molar-refractivity contribution is 0.0782. The molecule has 0 unspecified atom stereocenters. The fraction of sp³-hybridized carbons (Fsp3) is 0.417. The fourth-order valence-electron chi connectivity index (χ4n) is 1.40. The molecule has 0 N–H and O–H groups in total. The molecule has 0 amide bonds. The molecular weight excluding hydrogens is 176 g/mol. The number of aryl methyl sites for hydroxylation is 2. The molecule has 0 aromatic heterocycles. The normalized spacial score (nSPS) is 10.2. The van der Waals surface area contributed by atoms with Gasteiger partial charge in [-0.1, -0.05) is 23.8 Å². The topological polar surface area (TPSA) is 26.3 Å². The molecule has 0 bridgehead atoms. The van der Waals surface area contributed by atoms with Crippen molar-refractivity contribution in [1.82, 2.24) is 0 Å². The van der Waals surface area contributed by atoms with Gasteiger partial charge in [-0.15, -0.1) is 0 Å². The minimum Gasteiger partial charge on any atom is -0.374 e. The highest BCUT2D eigenvalue weighted by Gasteiger charge is 2.08. The van der Waals surface area contributed by atoms with Gasteiger partial charge in [0.2, 0.25) is 0 Å². The highest BCUT2D eigenvalue weighted by Crippen LogP contribution is 2.11. The molecule has 1 aromatic carbocycles. The van der Waals surface area contributed by atoms with Crippen LogP contribution in [0.5, 0.6) is 0 Å². The van der Waals surface area contributed by atoms with Gasteiger partial charge in [0.05, 0.1) is 0 Å². The highest BCUT2D eigenvalue weighted by atomic mass is 16.5. The van der Waals surface area contributed by atoms with E-state index in [1.165, 1.54) is 5.56 Å². The molecular formula is C12H16O2. The number of benzene rings is 1. The summed E-state index contributed by atoms with van der Waals surface area (Å²) >= 11 is 0. The number of rotatable bonds is 4. The van der Waals surface area contributed by atoms with Crippen LogP contribution in [0.3, 0.4) is 0 Å². The first-order chi connectivity index (χ1) is 6.65. The maximum absolute atomic E-state index is 11.6. The Morgan fingerprint density at radius 2 is 2.07 bits per heavy atom. The average Bonchev–Trinajstić information content (AvgIpc) is 2.14. The maximum atomic E-state index is 11.6. The van der Waals surface area contributed by atoms with E-state index in [-0.39, 0.29) is 12.4 Å². The average molecular weight is 192 g/mol. The third kappa shape index (κ3) is 2.67. The second-order valence-corrected chi connectivity index (χ2v) is 3.38. The van der Waals surface area contributed by atoms with E-state index in [1.807, 2.05) is 39.0 Å². The lowest BCUT2D eigenvalue weighted by Crippen LogP contribution is -2.10. The first-order valence-corrected chi connectivity index (χ1v) is 4.83. The van der Waals surface area contributed by atoms with Gasteiger partial charge >= 0.3 is 0 Å². The zero-order chi connectivity index (χ0) is 10.6. The molecule has 2 nitrogen and oxygen atoms in total. The van der Waals surface area contributed by atoms with E-state index in [0.29, 0.717) is 6.61 Å². The Labute approximate surface area is 84.9 Å². The molecule has 0 aliphatic rings. The van der Waals surface area contributed by atoms with Gasteiger partial charge in [-0.3, -0.25) is 4.79 Å². The monoisotopic (exact) mass is 192 g/mol. The van der Waals surface area contributed by atoms with Gasteiger partial charge in [0, 0.05) is 12.2 Å². The summed E-state index contributed by atoms with van der Waals surface area (Å²) in [4.78, 5) is 11.6. The Balaban J connectivity index is 2.80. The van der Waals surface area contributed by atoms with Crippen molar-refractivity contribution in [3.63, 3.8) is 0 Å². The van der Waals surface area contributed by atoms with Crippen LogP contribution < -0.4 is 0 Å². The standard InChI is InChI=1S/C12H16O2/c1-4-14-8-12(13)11-6-5-9(2)7-10(11)3/h5-7H,4,8H2,1-3H3. The lowest BCUT2D eigenvalue weighted by atomic mass is 10.0. The Hall–Kier alpha value is -1.15. The second kappa shape index (κ2) is 4.91. The molecule has 0 saturated carbocycles. The number of Topliss-reactive ketones (excluding diaryl/α,β-unsaturated/α-hetero) is 1. The van der Waals surface area contributed by atoms with E-state index >= 15 is 0 Å². The van der Waals surface area contributed by atoms with Gasteiger partial charge in [0.1, 0.15) is 6.61 Å². The molecule has 0 radical (unpaired) electrons. The summed E-state index contributed by atoms with van der Waals surface area (Å²) in [6.45, 7) is 6.61. The molecule has 0 saturated heterocycles. The van der Waals surface area contributed by atoms with Crippen LogP contribution in [0, 0.1) is 13.8 Å². The molecule has 0 aliphatic carbocycles. The van der Waals surface area contributed by atoms with Gasteiger partial charge < -0.3 is 4.74 Å². The summed E-state index contributed by atoms with van der Waals surface area (Å²) in [7, 11) is 0.